The van der Waals surface area contributed by atoms with Crippen LogP contribution in [0.25, 0.3) is 11.4 Å². The maximum atomic E-state index is 11.6. The number of carbonyl (C=O) groups is 1. The molecule has 3 heterocycles. The number of anilines is 3. The van der Waals surface area contributed by atoms with Gasteiger partial charge in [-0.15, -0.1) is 0 Å². The standard InChI is InChI=1S/C29H31N7O3/c30-16-21-15-20(1-6-25(21)39-19-29(8-9-29)28(31)37)27-32-10-7-26(34-27)33-22-2-4-23(5-3-22)35-11-13-36(14-12-35)24-17-38-18-24/h1-7,10,15,24H,8-9,11-14,17-19H2,(H2,31,37)(H,32,33,34). The zero-order chi connectivity index (χ0) is 26.8. The van der Waals surface area contributed by atoms with Crippen LogP contribution in [-0.4, -0.2) is 72.8 Å². The van der Waals surface area contributed by atoms with Gasteiger partial charge in [0, 0.05) is 49.3 Å². The zero-order valence-corrected chi connectivity index (χ0v) is 21.7. The predicted molar refractivity (Wildman–Crippen MR) is 147 cm³/mol. The summed E-state index contributed by atoms with van der Waals surface area (Å²) in [6.07, 6.45) is 3.12. The van der Waals surface area contributed by atoms with Gasteiger partial charge in [0.05, 0.1) is 30.2 Å². The molecule has 1 aromatic heterocycles. The summed E-state index contributed by atoms with van der Waals surface area (Å²) < 4.78 is 11.1. The topological polar surface area (TPSA) is 130 Å². The van der Waals surface area contributed by atoms with Crippen LogP contribution in [0.5, 0.6) is 5.75 Å². The Balaban J connectivity index is 1.09. The number of benzene rings is 2. The summed E-state index contributed by atoms with van der Waals surface area (Å²) in [5.74, 6) is 1.20. The van der Waals surface area contributed by atoms with Crippen LogP contribution in [0.4, 0.5) is 17.2 Å². The normalized spacial score (nSPS) is 18.6. The number of nitrogens with zero attached hydrogens (tertiary/aromatic N) is 5. The number of aromatic nitrogens is 2. The summed E-state index contributed by atoms with van der Waals surface area (Å²) in [7, 11) is 0. The van der Waals surface area contributed by atoms with Gasteiger partial charge in [0.1, 0.15) is 24.2 Å². The molecule has 3 aromatic rings. The van der Waals surface area contributed by atoms with Gasteiger partial charge in [-0.05, 0) is 61.4 Å². The van der Waals surface area contributed by atoms with Gasteiger partial charge in [-0.25, -0.2) is 9.97 Å². The predicted octanol–water partition coefficient (Wildman–Crippen LogP) is 2.92. The van der Waals surface area contributed by atoms with E-state index in [9.17, 15) is 10.1 Å². The SMILES string of the molecule is N#Cc1cc(-c2nccc(Nc3ccc(N4CCN(C5COC5)CC4)cc3)n2)ccc1OCC1(C(N)=O)CC1. The number of primary amides is 1. The van der Waals surface area contributed by atoms with Crippen molar-refractivity contribution in [2.45, 2.75) is 18.9 Å². The van der Waals surface area contributed by atoms with Crippen LogP contribution >= 0.6 is 0 Å². The van der Waals surface area contributed by atoms with E-state index in [1.54, 1.807) is 18.3 Å². The number of nitrogens with one attached hydrogen (secondary N) is 1. The van der Waals surface area contributed by atoms with Crippen LogP contribution in [0.3, 0.4) is 0 Å². The van der Waals surface area contributed by atoms with E-state index in [1.165, 1.54) is 5.69 Å². The Hall–Kier alpha value is -4.20. The molecule has 2 saturated heterocycles. The molecule has 0 atom stereocenters. The number of hydrogen-bond donors (Lipinski definition) is 2. The van der Waals surface area contributed by atoms with Crippen LogP contribution in [0.2, 0.25) is 0 Å². The summed E-state index contributed by atoms with van der Waals surface area (Å²) in [4.78, 5) is 25.6. The highest BCUT2D eigenvalue weighted by Gasteiger charge is 2.49. The molecule has 1 saturated carbocycles. The lowest BCUT2D eigenvalue weighted by Gasteiger charge is -2.43. The minimum atomic E-state index is -0.604. The third-order valence-corrected chi connectivity index (χ3v) is 7.85. The van der Waals surface area contributed by atoms with Crippen LogP contribution in [-0.2, 0) is 9.53 Å². The van der Waals surface area contributed by atoms with E-state index in [-0.39, 0.29) is 12.5 Å². The molecule has 6 rings (SSSR count). The quantitative estimate of drug-likeness (QED) is 0.433. The van der Waals surface area contributed by atoms with Gasteiger partial charge in [0.25, 0.3) is 0 Å². The van der Waals surface area contributed by atoms with Crippen molar-refractivity contribution in [1.82, 2.24) is 14.9 Å². The molecular weight excluding hydrogens is 494 g/mol. The Kier molecular flexibility index (Phi) is 6.77. The van der Waals surface area contributed by atoms with E-state index in [0.29, 0.717) is 47.4 Å². The first-order chi connectivity index (χ1) is 19.0. The average molecular weight is 526 g/mol. The fourth-order valence-electron chi connectivity index (χ4n) is 4.96. The minimum absolute atomic E-state index is 0.178. The summed E-state index contributed by atoms with van der Waals surface area (Å²) in [6.45, 7) is 6.06. The Labute approximate surface area is 227 Å². The van der Waals surface area contributed by atoms with Crippen LogP contribution < -0.4 is 20.7 Å². The lowest BCUT2D eigenvalue weighted by atomic mass is 10.1. The van der Waals surface area contributed by atoms with Crippen LogP contribution in [0, 0.1) is 16.7 Å². The van der Waals surface area contributed by atoms with E-state index >= 15 is 0 Å². The van der Waals surface area contributed by atoms with Crippen molar-refractivity contribution >= 4 is 23.1 Å². The van der Waals surface area contributed by atoms with Crippen molar-refractivity contribution in [3.8, 4) is 23.2 Å². The van der Waals surface area contributed by atoms with Crippen LogP contribution in [0.15, 0.2) is 54.7 Å². The molecule has 2 aliphatic heterocycles. The largest absolute Gasteiger partial charge is 0.491 e. The van der Waals surface area contributed by atoms with Crippen molar-refractivity contribution < 1.29 is 14.3 Å². The van der Waals surface area contributed by atoms with E-state index in [2.05, 4.69) is 55.4 Å². The highest BCUT2D eigenvalue weighted by molar-refractivity contribution is 5.83. The zero-order valence-electron chi connectivity index (χ0n) is 21.7. The van der Waals surface area contributed by atoms with E-state index in [4.69, 9.17) is 15.2 Å². The maximum absolute atomic E-state index is 11.6. The number of amides is 1. The summed E-state index contributed by atoms with van der Waals surface area (Å²) in [5, 5.41) is 13.0. The van der Waals surface area contributed by atoms with Crippen molar-refractivity contribution in [2.75, 3.05) is 56.2 Å². The molecule has 3 fully saturated rings. The third-order valence-electron chi connectivity index (χ3n) is 7.85. The second-order valence-corrected chi connectivity index (χ2v) is 10.4. The Morgan fingerprint density at radius 1 is 1.13 bits per heavy atom. The van der Waals surface area contributed by atoms with Crippen LogP contribution in [0.1, 0.15) is 18.4 Å². The molecule has 0 spiro atoms. The number of ether oxygens (including phenoxy) is 2. The molecule has 10 nitrogen and oxygen atoms in total. The van der Waals surface area contributed by atoms with Gasteiger partial charge < -0.3 is 25.4 Å². The van der Waals surface area contributed by atoms with Crippen molar-refractivity contribution in [1.29, 1.82) is 5.26 Å². The van der Waals surface area contributed by atoms with E-state index < -0.39 is 5.41 Å². The first-order valence-electron chi connectivity index (χ1n) is 13.3. The lowest BCUT2D eigenvalue weighted by Crippen LogP contribution is -2.56. The number of nitriles is 1. The molecule has 2 aromatic carbocycles. The van der Waals surface area contributed by atoms with Crippen molar-refractivity contribution in [3.63, 3.8) is 0 Å². The first kappa shape index (κ1) is 25.1. The Bertz CT molecular complexity index is 1390. The van der Waals surface area contributed by atoms with Gasteiger partial charge in [-0.3, -0.25) is 9.69 Å². The molecule has 10 heteroatoms. The molecule has 0 bridgehead atoms. The molecular formula is C29H31N7O3. The summed E-state index contributed by atoms with van der Waals surface area (Å²) in [5.41, 5.74) is 8.07. The van der Waals surface area contributed by atoms with Crippen molar-refractivity contribution in [3.05, 3.63) is 60.3 Å². The van der Waals surface area contributed by atoms with Gasteiger partial charge >= 0.3 is 0 Å². The monoisotopic (exact) mass is 525 g/mol. The smallest absolute Gasteiger partial charge is 0.227 e. The van der Waals surface area contributed by atoms with E-state index in [1.807, 2.05) is 12.1 Å². The number of hydrogen-bond acceptors (Lipinski definition) is 9. The van der Waals surface area contributed by atoms with Crippen molar-refractivity contribution in [2.24, 2.45) is 11.1 Å². The average Bonchev–Trinajstić information content (AvgIpc) is 3.73. The second-order valence-electron chi connectivity index (χ2n) is 10.4. The van der Waals surface area contributed by atoms with Gasteiger partial charge in [-0.2, -0.15) is 5.26 Å². The molecule has 0 radical (unpaired) electrons. The number of nitrogens with two attached hydrogens (primary N) is 1. The van der Waals surface area contributed by atoms with Gasteiger partial charge in [0.2, 0.25) is 5.91 Å². The Morgan fingerprint density at radius 2 is 1.90 bits per heavy atom. The fourth-order valence-corrected chi connectivity index (χ4v) is 4.96. The molecule has 3 N–H and O–H groups in total. The lowest BCUT2D eigenvalue weighted by molar-refractivity contribution is -0.124. The maximum Gasteiger partial charge on any atom is 0.227 e. The number of carbonyl (C=O) groups excluding carboxylic acids is 1. The molecule has 3 aliphatic rings. The molecule has 0 unspecified atom stereocenters. The highest BCUT2D eigenvalue weighted by Crippen LogP contribution is 2.45. The Morgan fingerprint density at radius 3 is 2.54 bits per heavy atom. The third kappa shape index (κ3) is 5.37. The fraction of sp³-hybridized carbons (Fsp3) is 0.379. The molecule has 200 valence electrons. The highest BCUT2D eigenvalue weighted by atomic mass is 16.5. The van der Waals surface area contributed by atoms with Gasteiger partial charge in [0.15, 0.2) is 5.82 Å². The first-order valence-corrected chi connectivity index (χ1v) is 13.3. The number of piperazine rings is 1. The summed E-state index contributed by atoms with van der Waals surface area (Å²) >= 11 is 0. The van der Waals surface area contributed by atoms with Gasteiger partial charge in [-0.1, -0.05) is 0 Å². The van der Waals surface area contributed by atoms with E-state index in [0.717, 1.165) is 45.1 Å². The molecule has 39 heavy (non-hydrogen) atoms. The molecule has 1 amide bonds. The minimum Gasteiger partial charge on any atom is -0.491 e. The molecule has 1 aliphatic carbocycles. The summed E-state index contributed by atoms with van der Waals surface area (Å²) in [6, 6.07) is 18.2. The second kappa shape index (κ2) is 10.5. The number of rotatable bonds is 9.